The number of hydrogen-bond donors (Lipinski definition) is 1. The van der Waals surface area contributed by atoms with E-state index in [9.17, 15) is 22.8 Å². The van der Waals surface area contributed by atoms with Gasteiger partial charge in [0.2, 0.25) is 11.7 Å². The Balaban J connectivity index is 1.71. The summed E-state index contributed by atoms with van der Waals surface area (Å²) < 4.78 is 44.2. The number of rotatable bonds is 4. The summed E-state index contributed by atoms with van der Waals surface area (Å²) in [7, 11) is 0. The Bertz CT molecular complexity index is 1060. The normalized spacial score (nSPS) is 18.6. The van der Waals surface area contributed by atoms with Crippen LogP contribution in [0.4, 0.5) is 18.0 Å². The second kappa shape index (κ2) is 9.85. The van der Waals surface area contributed by atoms with Crippen molar-refractivity contribution in [1.82, 2.24) is 25.2 Å². The lowest BCUT2D eigenvalue weighted by atomic mass is 10.1. The molecule has 0 radical (unpaired) electrons. The van der Waals surface area contributed by atoms with Gasteiger partial charge in [-0.25, -0.2) is 14.8 Å². The molecule has 0 saturated carbocycles. The number of nitrogens with zero attached hydrogens (tertiary/aromatic N) is 4. The molecule has 1 aliphatic heterocycles. The van der Waals surface area contributed by atoms with Gasteiger partial charge in [0.15, 0.2) is 0 Å². The molecular weight excluding hydrogens is 519 g/mol. The summed E-state index contributed by atoms with van der Waals surface area (Å²) in [6.45, 7) is 7.28. The maximum absolute atomic E-state index is 12.9. The maximum Gasteiger partial charge on any atom is 0.451 e. The number of carbonyl (C=O) groups is 2. The molecule has 0 aromatic carbocycles. The van der Waals surface area contributed by atoms with Crippen LogP contribution in [0, 0.1) is 0 Å². The average Bonchev–Trinajstić information content (AvgIpc) is 3.13. The van der Waals surface area contributed by atoms with Gasteiger partial charge >= 0.3 is 12.3 Å². The van der Waals surface area contributed by atoms with E-state index in [1.807, 2.05) is 6.92 Å². The number of likely N-dealkylation sites (tertiary alicyclic amines) is 1. The number of halogens is 4. The molecule has 2 aromatic heterocycles. The van der Waals surface area contributed by atoms with Crippen molar-refractivity contribution in [1.29, 1.82) is 0 Å². The number of alkyl halides is 3. The monoisotopic (exact) mass is 543 g/mol. The summed E-state index contributed by atoms with van der Waals surface area (Å²) in [6, 6.07) is 0.831. The predicted molar refractivity (Wildman–Crippen MR) is 120 cm³/mol. The zero-order valence-electron chi connectivity index (χ0n) is 19.1. The number of nitrogens with one attached hydrogen (secondary N) is 1. The molecule has 0 aliphatic carbocycles. The van der Waals surface area contributed by atoms with E-state index in [0.29, 0.717) is 34.1 Å². The van der Waals surface area contributed by atoms with Crippen LogP contribution in [-0.2, 0) is 22.3 Å². The largest absolute Gasteiger partial charge is 0.451 e. The van der Waals surface area contributed by atoms with Crippen molar-refractivity contribution in [2.24, 2.45) is 0 Å². The predicted octanol–water partition coefficient (Wildman–Crippen LogP) is 4.72. The summed E-state index contributed by atoms with van der Waals surface area (Å²) in [5, 5.41) is 2.83. The van der Waals surface area contributed by atoms with Crippen LogP contribution in [0.2, 0.25) is 0 Å². The van der Waals surface area contributed by atoms with Crippen LogP contribution in [0.15, 0.2) is 29.1 Å². The standard InChI is InChI=1S/C22H25BrF3N5O3/c1-12-5-6-17(31(12)20(33)34-21(2,3)4)18(32)28-8-13-7-16(27-11-15(13)23)14-9-29-19(30-10-14)22(24,25)26/h7,9-12,17H,5-6,8H2,1-4H3,(H,28,32)/t12?,17-/m0/s1. The fourth-order valence-corrected chi connectivity index (χ4v) is 3.90. The van der Waals surface area contributed by atoms with Crippen molar-refractivity contribution in [3.05, 3.63) is 40.5 Å². The topological polar surface area (TPSA) is 97.3 Å². The fourth-order valence-electron chi connectivity index (χ4n) is 3.54. The van der Waals surface area contributed by atoms with Crippen molar-refractivity contribution < 1.29 is 27.5 Å². The third-order valence-corrected chi connectivity index (χ3v) is 5.88. The molecule has 3 heterocycles. The molecule has 1 aliphatic rings. The van der Waals surface area contributed by atoms with Crippen molar-refractivity contribution in [2.45, 2.75) is 70.9 Å². The smallest absolute Gasteiger partial charge is 0.444 e. The van der Waals surface area contributed by atoms with Crippen molar-refractivity contribution in [2.75, 3.05) is 0 Å². The highest BCUT2D eigenvalue weighted by Gasteiger charge is 2.41. The fraction of sp³-hybridized carbons (Fsp3) is 0.500. The van der Waals surface area contributed by atoms with Gasteiger partial charge in [-0.05, 0) is 68.1 Å². The van der Waals surface area contributed by atoms with Crippen molar-refractivity contribution in [3.63, 3.8) is 0 Å². The average molecular weight is 544 g/mol. The maximum atomic E-state index is 12.9. The van der Waals surface area contributed by atoms with E-state index in [1.165, 1.54) is 11.1 Å². The van der Waals surface area contributed by atoms with Crippen molar-refractivity contribution in [3.8, 4) is 11.3 Å². The molecule has 12 heteroatoms. The SMILES string of the molecule is CC1CC[C@@H](C(=O)NCc2cc(-c3cnc(C(F)(F)F)nc3)ncc2Br)N1C(=O)OC(C)(C)C. The third kappa shape index (κ3) is 6.22. The first-order chi connectivity index (χ1) is 15.8. The summed E-state index contributed by atoms with van der Waals surface area (Å²) >= 11 is 3.37. The lowest BCUT2D eigenvalue weighted by molar-refractivity contribution is -0.145. The highest BCUT2D eigenvalue weighted by atomic mass is 79.9. The first-order valence-electron chi connectivity index (χ1n) is 10.6. The molecule has 34 heavy (non-hydrogen) atoms. The molecular formula is C22H25BrF3N5O3. The molecule has 1 N–H and O–H groups in total. The molecule has 0 spiro atoms. The van der Waals surface area contributed by atoms with Gasteiger partial charge in [-0.15, -0.1) is 0 Å². The highest BCUT2D eigenvalue weighted by Crippen LogP contribution is 2.29. The Kier molecular flexibility index (Phi) is 7.49. The van der Waals surface area contributed by atoms with Gasteiger partial charge in [-0.2, -0.15) is 13.2 Å². The third-order valence-electron chi connectivity index (χ3n) is 5.16. The molecule has 2 amide bonds. The van der Waals surface area contributed by atoms with E-state index in [0.717, 1.165) is 12.4 Å². The number of ether oxygens (including phenoxy) is 1. The molecule has 0 bridgehead atoms. The number of amides is 2. The Morgan fingerprint density at radius 2 is 1.79 bits per heavy atom. The molecule has 2 aromatic rings. The van der Waals surface area contributed by atoms with E-state index in [1.54, 1.807) is 26.8 Å². The van der Waals surface area contributed by atoms with Crippen LogP contribution < -0.4 is 5.32 Å². The van der Waals surface area contributed by atoms with Crippen LogP contribution in [0.3, 0.4) is 0 Å². The van der Waals surface area contributed by atoms with E-state index in [4.69, 9.17) is 4.74 Å². The summed E-state index contributed by atoms with van der Waals surface area (Å²) in [5.41, 5.74) is 0.619. The Morgan fingerprint density at radius 3 is 2.38 bits per heavy atom. The van der Waals surface area contributed by atoms with Crippen molar-refractivity contribution >= 4 is 27.9 Å². The van der Waals surface area contributed by atoms with Crippen LogP contribution >= 0.6 is 15.9 Å². The van der Waals surface area contributed by atoms with Gasteiger partial charge in [-0.1, -0.05) is 0 Å². The van der Waals surface area contributed by atoms with E-state index >= 15 is 0 Å². The summed E-state index contributed by atoms with van der Waals surface area (Å²) in [5.74, 6) is -1.56. The first-order valence-corrected chi connectivity index (χ1v) is 11.4. The molecule has 1 saturated heterocycles. The lowest BCUT2D eigenvalue weighted by Crippen LogP contribution is -2.49. The van der Waals surface area contributed by atoms with Crippen LogP contribution in [0.5, 0.6) is 0 Å². The first kappa shape index (κ1) is 25.9. The molecule has 1 fully saturated rings. The van der Waals surface area contributed by atoms with E-state index in [-0.39, 0.29) is 18.5 Å². The van der Waals surface area contributed by atoms with Gasteiger partial charge in [0.05, 0.1) is 5.69 Å². The number of pyridine rings is 1. The Hall–Kier alpha value is -2.76. The van der Waals surface area contributed by atoms with E-state index < -0.39 is 29.7 Å². The van der Waals surface area contributed by atoms with Gasteiger partial charge in [0.25, 0.3) is 0 Å². The van der Waals surface area contributed by atoms with Crippen LogP contribution in [0.25, 0.3) is 11.3 Å². The van der Waals surface area contributed by atoms with Crippen LogP contribution in [-0.4, -0.2) is 49.5 Å². The van der Waals surface area contributed by atoms with Gasteiger partial charge in [-0.3, -0.25) is 14.7 Å². The zero-order chi connectivity index (χ0) is 25.3. The minimum atomic E-state index is -4.63. The second-order valence-electron chi connectivity index (χ2n) is 9.00. The molecule has 2 atom stereocenters. The van der Waals surface area contributed by atoms with E-state index in [2.05, 4.69) is 36.2 Å². The number of carbonyl (C=O) groups excluding carboxylic acids is 2. The number of aromatic nitrogens is 3. The van der Waals surface area contributed by atoms with Gasteiger partial charge in [0.1, 0.15) is 11.6 Å². The molecule has 184 valence electrons. The second-order valence-corrected chi connectivity index (χ2v) is 9.86. The molecule has 8 nitrogen and oxygen atoms in total. The lowest BCUT2D eigenvalue weighted by Gasteiger charge is -2.30. The minimum absolute atomic E-state index is 0.115. The summed E-state index contributed by atoms with van der Waals surface area (Å²) in [4.78, 5) is 37.9. The molecule has 3 rings (SSSR count). The van der Waals surface area contributed by atoms with Crippen LogP contribution in [0.1, 0.15) is 51.9 Å². The minimum Gasteiger partial charge on any atom is -0.444 e. The highest BCUT2D eigenvalue weighted by molar-refractivity contribution is 9.10. The Morgan fingerprint density at radius 1 is 1.15 bits per heavy atom. The zero-order valence-corrected chi connectivity index (χ0v) is 20.7. The number of hydrogen-bond acceptors (Lipinski definition) is 6. The molecule has 1 unspecified atom stereocenters. The van der Waals surface area contributed by atoms with Gasteiger partial charge in [0, 0.05) is 41.2 Å². The Labute approximate surface area is 203 Å². The quantitative estimate of drug-likeness (QED) is 0.599. The summed E-state index contributed by atoms with van der Waals surface area (Å²) in [6.07, 6.45) is -0.398. The van der Waals surface area contributed by atoms with Gasteiger partial charge < -0.3 is 10.1 Å².